The molecule has 0 amide bonds. The first kappa shape index (κ1) is 18.4. The molecule has 4 heterocycles. The lowest BCUT2D eigenvalue weighted by Crippen LogP contribution is -2.16. The van der Waals surface area contributed by atoms with Crippen LogP contribution in [0.4, 0.5) is 0 Å². The van der Waals surface area contributed by atoms with E-state index in [1.54, 1.807) is 18.3 Å². The molecule has 10 heteroatoms. The quantitative estimate of drug-likeness (QED) is 0.300. The topological polar surface area (TPSA) is 111 Å². The van der Waals surface area contributed by atoms with Gasteiger partial charge in [-0.15, -0.1) is 11.3 Å². The zero-order valence-corrected chi connectivity index (χ0v) is 16.5. The number of thiophene rings is 1. The summed E-state index contributed by atoms with van der Waals surface area (Å²) in [6.45, 7) is 1.73. The molecule has 4 aromatic rings. The molecule has 0 unspecified atom stereocenters. The van der Waals surface area contributed by atoms with E-state index >= 15 is 0 Å². The third kappa shape index (κ3) is 3.56. The smallest absolute Gasteiger partial charge is 0.338 e. The van der Waals surface area contributed by atoms with Gasteiger partial charge in [-0.25, -0.2) is 14.8 Å². The second kappa shape index (κ2) is 7.56. The number of rotatable bonds is 5. The second-order valence-corrected chi connectivity index (χ2v) is 7.73. The van der Waals surface area contributed by atoms with Crippen LogP contribution in [0.25, 0.3) is 21.7 Å². The number of nitrogens with one attached hydrogen (secondary N) is 1. The number of hydrogen-bond acceptors (Lipinski definition) is 9. The first-order valence-electron chi connectivity index (χ1n) is 8.17. The lowest BCUT2D eigenvalue weighted by Gasteiger charge is -2.06. The molecule has 8 nitrogen and oxygen atoms in total. The molecule has 142 valence electrons. The van der Waals surface area contributed by atoms with Crippen LogP contribution in [0.5, 0.6) is 0 Å². The molecule has 0 aliphatic rings. The van der Waals surface area contributed by atoms with Gasteiger partial charge in [0.25, 0.3) is 5.56 Å². The molecule has 0 saturated heterocycles. The number of carbonyl (C=O) groups is 1. The first-order valence-corrected chi connectivity index (χ1v) is 10.0. The van der Waals surface area contributed by atoms with Crippen LogP contribution >= 0.6 is 23.1 Å². The summed E-state index contributed by atoms with van der Waals surface area (Å²) in [4.78, 5) is 36.8. The highest BCUT2D eigenvalue weighted by Gasteiger charge is 2.18. The Morgan fingerprint density at radius 2 is 2.21 bits per heavy atom. The molecular weight excluding hydrogens is 400 g/mol. The van der Waals surface area contributed by atoms with Crippen LogP contribution in [0.2, 0.25) is 0 Å². The molecule has 28 heavy (non-hydrogen) atoms. The average molecular weight is 414 g/mol. The predicted molar refractivity (Wildman–Crippen MR) is 106 cm³/mol. The normalized spacial score (nSPS) is 11.1. The van der Waals surface area contributed by atoms with Gasteiger partial charge in [0.2, 0.25) is 0 Å². The van der Waals surface area contributed by atoms with E-state index in [1.807, 2.05) is 23.6 Å². The van der Waals surface area contributed by atoms with Crippen LogP contribution in [0.3, 0.4) is 0 Å². The van der Waals surface area contributed by atoms with Crippen LogP contribution in [-0.2, 0) is 10.5 Å². The molecule has 4 aromatic heterocycles. The molecule has 0 spiro atoms. The minimum absolute atomic E-state index is 0.114. The fourth-order valence-corrected chi connectivity index (χ4v) is 4.05. The number of nitrogens with zero attached hydrogens (tertiary/aromatic N) is 3. The van der Waals surface area contributed by atoms with E-state index in [4.69, 9.17) is 9.26 Å². The second-order valence-electron chi connectivity index (χ2n) is 5.82. The molecule has 0 atom stereocenters. The van der Waals surface area contributed by atoms with Gasteiger partial charge in [0.05, 0.1) is 28.6 Å². The molecule has 0 aromatic carbocycles. The molecule has 0 radical (unpaired) electrons. The van der Waals surface area contributed by atoms with E-state index in [9.17, 15) is 9.59 Å². The van der Waals surface area contributed by atoms with Crippen LogP contribution in [0, 0.1) is 6.92 Å². The third-order valence-corrected chi connectivity index (χ3v) is 5.66. The van der Waals surface area contributed by atoms with Gasteiger partial charge in [-0.05, 0) is 24.4 Å². The zero-order chi connectivity index (χ0) is 19.7. The number of carbonyl (C=O) groups excluding carboxylic acids is 1. The van der Waals surface area contributed by atoms with Crippen molar-refractivity contribution in [1.29, 1.82) is 0 Å². The largest absolute Gasteiger partial charge is 0.465 e. The monoisotopic (exact) mass is 414 g/mol. The van der Waals surface area contributed by atoms with Gasteiger partial charge >= 0.3 is 5.97 Å². The van der Waals surface area contributed by atoms with E-state index in [2.05, 4.69) is 20.1 Å². The lowest BCUT2D eigenvalue weighted by atomic mass is 10.1. The molecule has 0 fully saturated rings. The van der Waals surface area contributed by atoms with Gasteiger partial charge < -0.3 is 14.2 Å². The van der Waals surface area contributed by atoms with Crippen LogP contribution in [0.15, 0.2) is 44.1 Å². The fraction of sp³-hybridized carbons (Fsp3) is 0.167. The number of esters is 1. The van der Waals surface area contributed by atoms with Crippen molar-refractivity contribution in [2.24, 2.45) is 0 Å². The van der Waals surface area contributed by atoms with Gasteiger partial charge in [-0.2, -0.15) is 0 Å². The van der Waals surface area contributed by atoms with Gasteiger partial charge in [0.1, 0.15) is 0 Å². The standard InChI is InChI=1S/C18H14N4O4S2/c1-9-6-11(17(24)25-2)14-15(19-9)20-18(21-16(14)23)28-8-10-7-12(26-22-10)13-4-3-5-27-13/h3-7H,8H2,1-2H3,(H,19,20,21,23). The highest BCUT2D eigenvalue weighted by molar-refractivity contribution is 7.98. The molecule has 4 rings (SSSR count). The minimum atomic E-state index is -0.605. The number of ether oxygens (including phenoxy) is 1. The maximum Gasteiger partial charge on any atom is 0.338 e. The number of aryl methyl sites for hydroxylation is 1. The molecule has 0 saturated carbocycles. The average Bonchev–Trinajstić information content (AvgIpc) is 3.36. The van der Waals surface area contributed by atoms with Crippen molar-refractivity contribution < 1.29 is 14.1 Å². The van der Waals surface area contributed by atoms with E-state index < -0.39 is 11.5 Å². The molecule has 0 aliphatic heterocycles. The summed E-state index contributed by atoms with van der Waals surface area (Å²) >= 11 is 2.86. The van der Waals surface area contributed by atoms with Crippen molar-refractivity contribution in [3.63, 3.8) is 0 Å². The Bertz CT molecular complexity index is 1210. The Kier molecular flexibility index (Phi) is 4.97. The Morgan fingerprint density at radius 1 is 1.36 bits per heavy atom. The first-order chi connectivity index (χ1) is 13.5. The zero-order valence-electron chi connectivity index (χ0n) is 14.9. The maximum atomic E-state index is 12.5. The van der Waals surface area contributed by atoms with E-state index in [-0.39, 0.29) is 16.6 Å². The van der Waals surface area contributed by atoms with Crippen molar-refractivity contribution >= 4 is 40.1 Å². The Labute approximate surface area is 167 Å². The number of H-pyrrole nitrogens is 1. The highest BCUT2D eigenvalue weighted by Crippen LogP contribution is 2.27. The van der Waals surface area contributed by atoms with Crippen LogP contribution in [-0.4, -0.2) is 33.2 Å². The number of pyridine rings is 1. The number of methoxy groups -OCH3 is 1. The van der Waals surface area contributed by atoms with Crippen molar-refractivity contribution in [3.05, 3.63) is 57.0 Å². The van der Waals surface area contributed by atoms with Crippen LogP contribution < -0.4 is 5.56 Å². The summed E-state index contributed by atoms with van der Waals surface area (Å²) in [5.74, 6) is 0.552. The SMILES string of the molecule is COC(=O)c1cc(C)nc2nc(SCc3cc(-c4cccs4)on3)[nH]c(=O)c12. The summed E-state index contributed by atoms with van der Waals surface area (Å²) < 4.78 is 10.1. The lowest BCUT2D eigenvalue weighted by molar-refractivity contribution is 0.0602. The number of aromatic nitrogens is 4. The van der Waals surface area contributed by atoms with E-state index in [0.717, 1.165) is 10.6 Å². The predicted octanol–water partition coefficient (Wildman–Crippen LogP) is 3.42. The summed E-state index contributed by atoms with van der Waals surface area (Å²) in [7, 11) is 1.26. The maximum absolute atomic E-state index is 12.5. The minimum Gasteiger partial charge on any atom is -0.465 e. The van der Waals surface area contributed by atoms with Crippen LogP contribution in [0.1, 0.15) is 21.7 Å². The number of hydrogen-bond donors (Lipinski definition) is 1. The number of thioether (sulfide) groups is 1. The third-order valence-electron chi connectivity index (χ3n) is 3.87. The Morgan fingerprint density at radius 3 is 2.96 bits per heavy atom. The van der Waals surface area contributed by atoms with Gasteiger partial charge in [0, 0.05) is 17.5 Å². The molecular formula is C18H14N4O4S2. The van der Waals surface area contributed by atoms with Gasteiger partial charge in [-0.3, -0.25) is 4.79 Å². The van der Waals surface area contributed by atoms with Crippen molar-refractivity contribution in [2.75, 3.05) is 7.11 Å². The summed E-state index contributed by atoms with van der Waals surface area (Å²) in [5.41, 5.74) is 1.20. The Balaban J connectivity index is 1.61. The van der Waals surface area contributed by atoms with Gasteiger partial charge in [0.15, 0.2) is 16.6 Å². The summed E-state index contributed by atoms with van der Waals surface area (Å²) in [6, 6.07) is 7.27. The van der Waals surface area contributed by atoms with Crippen molar-refractivity contribution in [2.45, 2.75) is 17.8 Å². The summed E-state index contributed by atoms with van der Waals surface area (Å²) in [6.07, 6.45) is 0. The van der Waals surface area contributed by atoms with Crippen molar-refractivity contribution in [3.8, 4) is 10.6 Å². The molecule has 1 N–H and O–H groups in total. The fourth-order valence-electron chi connectivity index (χ4n) is 2.64. The highest BCUT2D eigenvalue weighted by atomic mass is 32.2. The van der Waals surface area contributed by atoms with Gasteiger partial charge in [-0.1, -0.05) is 23.0 Å². The number of fused-ring (bicyclic) bond motifs is 1. The van der Waals surface area contributed by atoms with E-state index in [1.165, 1.54) is 24.9 Å². The van der Waals surface area contributed by atoms with E-state index in [0.29, 0.717) is 22.4 Å². The molecule has 0 aliphatic carbocycles. The number of aromatic amines is 1. The Hall–Kier alpha value is -2.98. The molecule has 0 bridgehead atoms. The van der Waals surface area contributed by atoms with Crippen molar-refractivity contribution in [1.82, 2.24) is 20.1 Å². The summed E-state index contributed by atoms with van der Waals surface area (Å²) in [5, 5.41) is 6.51.